The van der Waals surface area contributed by atoms with E-state index in [1.54, 1.807) is 13.8 Å². The number of carbonyl (C=O) groups is 2. The molecule has 0 aliphatic carbocycles. The summed E-state index contributed by atoms with van der Waals surface area (Å²) in [5.74, 6) is -1.34. The van der Waals surface area contributed by atoms with E-state index in [0.717, 1.165) is 0 Å². The van der Waals surface area contributed by atoms with Gasteiger partial charge in [0, 0.05) is 13.2 Å². The molecule has 0 heterocycles. The lowest BCUT2D eigenvalue weighted by molar-refractivity contribution is -0.150. The minimum atomic E-state index is -1.03. The van der Waals surface area contributed by atoms with Gasteiger partial charge in [0.1, 0.15) is 12.6 Å². The molecule has 0 rings (SSSR count). The van der Waals surface area contributed by atoms with Crippen molar-refractivity contribution in [1.29, 1.82) is 0 Å². The van der Waals surface area contributed by atoms with Crippen LogP contribution in [0.25, 0.3) is 0 Å². The third-order valence-electron chi connectivity index (χ3n) is 2.17. The summed E-state index contributed by atoms with van der Waals surface area (Å²) < 4.78 is 10.3. The fourth-order valence-electron chi connectivity index (χ4n) is 1.27. The zero-order chi connectivity index (χ0) is 13.3. The van der Waals surface area contributed by atoms with Gasteiger partial charge in [-0.05, 0) is 20.8 Å². The number of carboxylic acids is 1. The largest absolute Gasteiger partial charge is 0.480 e. The van der Waals surface area contributed by atoms with Crippen LogP contribution in [0.4, 0.5) is 0 Å². The second-order valence-corrected chi connectivity index (χ2v) is 3.46. The lowest BCUT2D eigenvalue weighted by Gasteiger charge is -2.22. The van der Waals surface area contributed by atoms with Gasteiger partial charge in [-0.25, -0.2) is 0 Å². The van der Waals surface area contributed by atoms with Gasteiger partial charge in [-0.2, -0.15) is 0 Å². The van der Waals surface area contributed by atoms with Crippen molar-refractivity contribution in [3.05, 3.63) is 0 Å². The molecule has 0 aromatic rings. The summed E-state index contributed by atoms with van der Waals surface area (Å²) in [4.78, 5) is 23.6. The molecule has 1 unspecified atom stereocenters. The van der Waals surface area contributed by atoms with E-state index in [0.29, 0.717) is 26.4 Å². The van der Waals surface area contributed by atoms with E-state index in [1.165, 1.54) is 4.90 Å². The number of ether oxygens (including phenoxy) is 2. The lowest BCUT2D eigenvalue weighted by atomic mass is 10.3. The summed E-state index contributed by atoms with van der Waals surface area (Å²) >= 11 is 0. The van der Waals surface area contributed by atoms with Gasteiger partial charge in [0.25, 0.3) is 5.91 Å². The number of carboxylic acid groups (broad SMARTS) is 1. The van der Waals surface area contributed by atoms with Gasteiger partial charge in [0.2, 0.25) is 0 Å². The number of hydrogen-bond acceptors (Lipinski definition) is 4. The number of carbonyl (C=O) groups excluding carboxylic acids is 1. The van der Waals surface area contributed by atoms with Crippen molar-refractivity contribution < 1.29 is 24.2 Å². The fourth-order valence-corrected chi connectivity index (χ4v) is 1.27. The maximum atomic E-state index is 11.8. The summed E-state index contributed by atoms with van der Waals surface area (Å²) in [5.41, 5.74) is 0. The van der Waals surface area contributed by atoms with Gasteiger partial charge in [0.15, 0.2) is 0 Å². The van der Waals surface area contributed by atoms with E-state index >= 15 is 0 Å². The summed E-state index contributed by atoms with van der Waals surface area (Å²) in [7, 11) is 0. The summed E-state index contributed by atoms with van der Waals surface area (Å²) in [6.45, 7) is 6.63. The Morgan fingerprint density at radius 2 is 1.94 bits per heavy atom. The van der Waals surface area contributed by atoms with Crippen LogP contribution in [-0.2, 0) is 19.1 Å². The molecule has 0 bridgehead atoms. The molecule has 6 heteroatoms. The molecule has 6 nitrogen and oxygen atoms in total. The number of hydrogen-bond donors (Lipinski definition) is 1. The SMILES string of the molecule is CCOCCOC(C)C(=O)N(CC)CC(=O)O. The van der Waals surface area contributed by atoms with Crippen LogP contribution in [0.15, 0.2) is 0 Å². The van der Waals surface area contributed by atoms with E-state index in [4.69, 9.17) is 14.6 Å². The first-order valence-corrected chi connectivity index (χ1v) is 5.72. The molecule has 1 N–H and O–H groups in total. The van der Waals surface area contributed by atoms with Crippen LogP contribution in [0.2, 0.25) is 0 Å². The van der Waals surface area contributed by atoms with Gasteiger partial charge in [-0.1, -0.05) is 0 Å². The molecular formula is C11H21NO5. The maximum Gasteiger partial charge on any atom is 0.323 e. The van der Waals surface area contributed by atoms with E-state index < -0.39 is 12.1 Å². The predicted molar refractivity (Wildman–Crippen MR) is 61.8 cm³/mol. The second-order valence-electron chi connectivity index (χ2n) is 3.46. The molecule has 1 atom stereocenters. The van der Waals surface area contributed by atoms with Gasteiger partial charge in [-0.15, -0.1) is 0 Å². The van der Waals surface area contributed by atoms with Gasteiger partial charge >= 0.3 is 5.97 Å². The first kappa shape index (κ1) is 15.9. The summed E-state index contributed by atoms with van der Waals surface area (Å²) in [6.07, 6.45) is -0.644. The van der Waals surface area contributed by atoms with E-state index in [2.05, 4.69) is 0 Å². The molecule has 0 aliphatic heterocycles. The van der Waals surface area contributed by atoms with Gasteiger partial charge in [-0.3, -0.25) is 9.59 Å². The van der Waals surface area contributed by atoms with Crippen LogP contribution in [-0.4, -0.2) is 60.9 Å². The summed E-state index contributed by atoms with van der Waals surface area (Å²) in [5, 5.41) is 8.64. The maximum absolute atomic E-state index is 11.8. The number of nitrogens with zero attached hydrogens (tertiary/aromatic N) is 1. The van der Waals surface area contributed by atoms with Crippen molar-refractivity contribution in [2.24, 2.45) is 0 Å². The van der Waals surface area contributed by atoms with Crippen molar-refractivity contribution in [3.63, 3.8) is 0 Å². The first-order valence-electron chi connectivity index (χ1n) is 5.72. The Balaban J connectivity index is 4.03. The number of amides is 1. The minimum absolute atomic E-state index is 0.297. The Morgan fingerprint density at radius 1 is 1.29 bits per heavy atom. The normalized spacial score (nSPS) is 12.2. The van der Waals surface area contributed by atoms with E-state index in [1.807, 2.05) is 6.92 Å². The van der Waals surface area contributed by atoms with Crippen LogP contribution in [0.1, 0.15) is 20.8 Å². The quantitative estimate of drug-likeness (QED) is 0.595. The van der Waals surface area contributed by atoms with Crippen molar-refractivity contribution in [1.82, 2.24) is 4.90 Å². The number of likely N-dealkylation sites (N-methyl/N-ethyl adjacent to an activating group) is 1. The molecule has 0 spiro atoms. The molecule has 0 saturated carbocycles. The topological polar surface area (TPSA) is 76.1 Å². The highest BCUT2D eigenvalue weighted by Gasteiger charge is 2.21. The van der Waals surface area contributed by atoms with Crippen LogP contribution < -0.4 is 0 Å². The van der Waals surface area contributed by atoms with Crippen molar-refractivity contribution in [2.45, 2.75) is 26.9 Å². The fraction of sp³-hybridized carbons (Fsp3) is 0.818. The molecule has 0 fully saturated rings. The Hall–Kier alpha value is -1.14. The molecule has 0 saturated heterocycles. The van der Waals surface area contributed by atoms with Crippen LogP contribution >= 0.6 is 0 Å². The van der Waals surface area contributed by atoms with E-state index in [9.17, 15) is 9.59 Å². The van der Waals surface area contributed by atoms with Crippen molar-refractivity contribution >= 4 is 11.9 Å². The molecule has 17 heavy (non-hydrogen) atoms. The molecular weight excluding hydrogens is 226 g/mol. The average molecular weight is 247 g/mol. The number of aliphatic carboxylic acids is 1. The van der Waals surface area contributed by atoms with Crippen LogP contribution in [0.3, 0.4) is 0 Å². The standard InChI is InChI=1S/C11H21NO5/c1-4-12(8-10(13)14)11(15)9(3)17-7-6-16-5-2/h9H,4-8H2,1-3H3,(H,13,14). The zero-order valence-corrected chi connectivity index (χ0v) is 10.6. The molecule has 1 amide bonds. The summed E-state index contributed by atoms with van der Waals surface area (Å²) in [6, 6.07) is 0. The smallest absolute Gasteiger partial charge is 0.323 e. The highest BCUT2D eigenvalue weighted by atomic mass is 16.5. The van der Waals surface area contributed by atoms with Crippen LogP contribution in [0, 0.1) is 0 Å². The van der Waals surface area contributed by atoms with Crippen molar-refractivity contribution in [3.8, 4) is 0 Å². The Labute approximate surface area is 101 Å². The molecule has 100 valence electrons. The zero-order valence-electron chi connectivity index (χ0n) is 10.6. The van der Waals surface area contributed by atoms with Gasteiger partial charge in [0.05, 0.1) is 13.2 Å². The first-order chi connectivity index (χ1) is 8.02. The lowest BCUT2D eigenvalue weighted by Crippen LogP contribution is -2.42. The van der Waals surface area contributed by atoms with Crippen molar-refractivity contribution in [2.75, 3.05) is 32.9 Å². The molecule has 0 aliphatic rings. The average Bonchev–Trinajstić information content (AvgIpc) is 2.30. The second kappa shape index (κ2) is 8.95. The molecule has 0 radical (unpaired) electrons. The Kier molecular flexibility index (Phi) is 8.35. The van der Waals surface area contributed by atoms with Crippen LogP contribution in [0.5, 0.6) is 0 Å². The number of rotatable bonds is 9. The molecule has 0 aromatic heterocycles. The third kappa shape index (κ3) is 6.91. The molecule has 0 aromatic carbocycles. The third-order valence-corrected chi connectivity index (χ3v) is 2.17. The van der Waals surface area contributed by atoms with Gasteiger partial charge < -0.3 is 19.5 Å². The predicted octanol–water partition coefficient (Wildman–Crippen LogP) is 0.361. The van der Waals surface area contributed by atoms with E-state index in [-0.39, 0.29) is 12.5 Å². The monoisotopic (exact) mass is 247 g/mol. The highest BCUT2D eigenvalue weighted by Crippen LogP contribution is 1.99. The Bertz CT molecular complexity index is 244. The highest BCUT2D eigenvalue weighted by molar-refractivity contribution is 5.84. The minimum Gasteiger partial charge on any atom is -0.480 e. The Morgan fingerprint density at radius 3 is 2.41 bits per heavy atom.